The lowest BCUT2D eigenvalue weighted by atomic mass is 10.1. The second-order valence-corrected chi connectivity index (χ2v) is 7.51. The van der Waals surface area contributed by atoms with Gasteiger partial charge < -0.3 is 24.7 Å². The molecule has 7 nitrogen and oxygen atoms in total. The Balaban J connectivity index is 0.00000385. The number of aliphatic imine (C=N–C) groups is 1. The van der Waals surface area contributed by atoms with Crippen LogP contribution in [0.4, 0.5) is 0 Å². The highest BCUT2D eigenvalue weighted by Gasteiger charge is 2.07. The number of nitrogens with zero attached hydrogens (tertiary/aromatic N) is 3. The topological polar surface area (TPSA) is 72.7 Å². The van der Waals surface area contributed by atoms with E-state index in [1.54, 1.807) is 14.2 Å². The second-order valence-electron chi connectivity index (χ2n) is 7.51. The number of benzene rings is 2. The Bertz CT molecular complexity index is 991. The van der Waals surface area contributed by atoms with Crippen LogP contribution in [0, 0.1) is 6.92 Å². The van der Waals surface area contributed by atoms with E-state index >= 15 is 0 Å². The Hall–Kier alpha value is -2.59. The van der Waals surface area contributed by atoms with Crippen molar-refractivity contribution in [1.82, 2.24) is 20.2 Å². The fraction of sp³-hybridized carbons (Fsp3) is 0.360. The quantitative estimate of drug-likeness (QED) is 0.161. The average molecular weight is 563 g/mol. The van der Waals surface area contributed by atoms with Crippen LogP contribution in [0.15, 0.2) is 65.9 Å². The van der Waals surface area contributed by atoms with E-state index in [2.05, 4.69) is 74.6 Å². The van der Waals surface area contributed by atoms with Gasteiger partial charge in [-0.1, -0.05) is 42.5 Å². The molecule has 0 saturated heterocycles. The summed E-state index contributed by atoms with van der Waals surface area (Å²) in [4.78, 5) is 8.86. The fourth-order valence-corrected chi connectivity index (χ4v) is 3.36. The first-order chi connectivity index (χ1) is 15.7. The van der Waals surface area contributed by atoms with Crippen molar-refractivity contribution in [2.75, 3.05) is 33.9 Å². The first kappa shape index (κ1) is 26.7. The van der Waals surface area contributed by atoms with Gasteiger partial charge in [0.2, 0.25) is 0 Å². The zero-order valence-corrected chi connectivity index (χ0v) is 21.9. The van der Waals surface area contributed by atoms with Crippen LogP contribution in [-0.2, 0) is 24.2 Å². The number of ether oxygens (including phenoxy) is 2. The molecule has 1 heterocycles. The molecule has 0 atom stereocenters. The molecule has 2 N–H and O–H groups in total. The molecule has 0 bridgehead atoms. The summed E-state index contributed by atoms with van der Waals surface area (Å²) < 4.78 is 13.2. The van der Waals surface area contributed by atoms with Crippen LogP contribution >= 0.6 is 24.0 Å². The molecule has 0 fully saturated rings. The van der Waals surface area contributed by atoms with Gasteiger partial charge in [0.05, 0.1) is 6.61 Å². The van der Waals surface area contributed by atoms with Crippen LogP contribution < -0.4 is 15.4 Å². The van der Waals surface area contributed by atoms with Crippen LogP contribution in [0.1, 0.15) is 22.5 Å². The predicted octanol–water partition coefficient (Wildman–Crippen LogP) is 3.79. The molecule has 0 aliphatic heterocycles. The number of halogens is 1. The van der Waals surface area contributed by atoms with E-state index in [4.69, 9.17) is 9.47 Å². The third-order valence-electron chi connectivity index (χ3n) is 5.08. The van der Waals surface area contributed by atoms with Crippen molar-refractivity contribution >= 4 is 29.9 Å². The van der Waals surface area contributed by atoms with Crippen molar-refractivity contribution in [3.63, 3.8) is 0 Å². The number of hydrogen-bond acceptors (Lipinski definition) is 4. The summed E-state index contributed by atoms with van der Waals surface area (Å²) in [6, 6.07) is 16.6. The molecule has 0 unspecified atom stereocenters. The highest BCUT2D eigenvalue weighted by atomic mass is 127. The lowest BCUT2D eigenvalue weighted by molar-refractivity contribution is 0.145. The summed E-state index contributed by atoms with van der Waals surface area (Å²) in [6.07, 6.45) is 4.68. The number of guanidine groups is 1. The second kappa shape index (κ2) is 14.5. The Labute approximate surface area is 213 Å². The summed E-state index contributed by atoms with van der Waals surface area (Å²) in [7, 11) is 3.45. The van der Waals surface area contributed by atoms with Crippen molar-refractivity contribution in [3.8, 4) is 5.75 Å². The van der Waals surface area contributed by atoms with E-state index in [9.17, 15) is 0 Å². The van der Waals surface area contributed by atoms with Crippen LogP contribution in [0.2, 0.25) is 0 Å². The van der Waals surface area contributed by atoms with Crippen LogP contribution in [0.3, 0.4) is 0 Å². The minimum atomic E-state index is 0. The molecule has 3 aromatic rings. The van der Waals surface area contributed by atoms with Gasteiger partial charge in [-0.05, 0) is 24.1 Å². The SMILES string of the molecule is CN=C(NCCc1nccn1Cc1ccccc1)NCc1ccc(C)cc1OCCOC.I. The molecule has 0 amide bonds. The normalized spacial score (nSPS) is 11.1. The first-order valence-corrected chi connectivity index (χ1v) is 10.9. The summed E-state index contributed by atoms with van der Waals surface area (Å²) in [5.74, 6) is 2.66. The molecule has 0 saturated carbocycles. The third-order valence-corrected chi connectivity index (χ3v) is 5.08. The van der Waals surface area contributed by atoms with Gasteiger partial charge in [-0.3, -0.25) is 4.99 Å². The zero-order valence-electron chi connectivity index (χ0n) is 19.6. The van der Waals surface area contributed by atoms with Gasteiger partial charge in [0, 0.05) is 58.2 Å². The monoisotopic (exact) mass is 563 g/mol. The van der Waals surface area contributed by atoms with Gasteiger partial charge in [-0.15, -0.1) is 24.0 Å². The Morgan fingerprint density at radius 1 is 1.09 bits per heavy atom. The number of aromatic nitrogens is 2. The number of imidazole rings is 1. The zero-order chi connectivity index (χ0) is 22.6. The maximum atomic E-state index is 5.88. The first-order valence-electron chi connectivity index (χ1n) is 10.9. The molecular formula is C25H34IN5O2. The largest absolute Gasteiger partial charge is 0.491 e. The van der Waals surface area contributed by atoms with Crippen molar-refractivity contribution < 1.29 is 9.47 Å². The van der Waals surface area contributed by atoms with E-state index in [0.29, 0.717) is 19.8 Å². The van der Waals surface area contributed by atoms with Crippen molar-refractivity contribution in [2.24, 2.45) is 4.99 Å². The lowest BCUT2D eigenvalue weighted by Crippen LogP contribution is -2.38. The maximum absolute atomic E-state index is 5.88. The van der Waals surface area contributed by atoms with Gasteiger partial charge in [-0.2, -0.15) is 0 Å². The number of nitrogens with one attached hydrogen (secondary N) is 2. The molecule has 1 aromatic heterocycles. The van der Waals surface area contributed by atoms with E-state index in [0.717, 1.165) is 48.2 Å². The maximum Gasteiger partial charge on any atom is 0.191 e. The van der Waals surface area contributed by atoms with Crippen molar-refractivity contribution in [3.05, 3.63) is 83.4 Å². The average Bonchev–Trinajstić information content (AvgIpc) is 3.24. The molecule has 0 radical (unpaired) electrons. The van der Waals surface area contributed by atoms with E-state index in [1.807, 2.05) is 18.5 Å². The van der Waals surface area contributed by atoms with Gasteiger partial charge in [0.15, 0.2) is 5.96 Å². The van der Waals surface area contributed by atoms with E-state index < -0.39 is 0 Å². The Morgan fingerprint density at radius 2 is 1.91 bits per heavy atom. The molecule has 3 rings (SSSR count). The summed E-state index contributed by atoms with van der Waals surface area (Å²) in [5, 5.41) is 6.75. The molecule has 33 heavy (non-hydrogen) atoms. The summed E-state index contributed by atoms with van der Waals surface area (Å²) >= 11 is 0. The molecule has 8 heteroatoms. The lowest BCUT2D eigenvalue weighted by Gasteiger charge is -2.15. The van der Waals surface area contributed by atoms with Crippen molar-refractivity contribution in [1.29, 1.82) is 0 Å². The minimum Gasteiger partial charge on any atom is -0.491 e. The van der Waals surface area contributed by atoms with Crippen LogP contribution in [-0.4, -0.2) is 49.4 Å². The van der Waals surface area contributed by atoms with Crippen LogP contribution in [0.25, 0.3) is 0 Å². The highest BCUT2D eigenvalue weighted by molar-refractivity contribution is 14.0. The predicted molar refractivity (Wildman–Crippen MR) is 144 cm³/mol. The van der Waals surface area contributed by atoms with Gasteiger partial charge in [0.1, 0.15) is 18.2 Å². The summed E-state index contributed by atoms with van der Waals surface area (Å²) in [5.41, 5.74) is 3.50. The van der Waals surface area contributed by atoms with E-state index in [1.165, 1.54) is 5.56 Å². The van der Waals surface area contributed by atoms with Crippen molar-refractivity contribution in [2.45, 2.75) is 26.4 Å². The number of methoxy groups -OCH3 is 1. The van der Waals surface area contributed by atoms with Crippen LogP contribution in [0.5, 0.6) is 5.75 Å². The molecule has 0 spiro atoms. The molecule has 2 aromatic carbocycles. The molecule has 178 valence electrons. The number of aryl methyl sites for hydroxylation is 1. The standard InChI is InChI=1S/C25H33N5O2.HI/c1-20-9-10-22(23(17-20)32-16-15-31-3)18-29-25(26-2)28-12-11-24-27-13-14-30(24)19-21-7-5-4-6-8-21;/h4-10,13-14,17H,11-12,15-16,18-19H2,1-3H3,(H2,26,28,29);1H. The molecular weight excluding hydrogens is 529 g/mol. The number of rotatable bonds is 11. The third kappa shape index (κ3) is 8.70. The minimum absolute atomic E-state index is 0. The Morgan fingerprint density at radius 3 is 2.67 bits per heavy atom. The van der Waals surface area contributed by atoms with Gasteiger partial charge >= 0.3 is 0 Å². The molecule has 0 aliphatic carbocycles. The van der Waals surface area contributed by atoms with Gasteiger partial charge in [-0.25, -0.2) is 4.98 Å². The Kier molecular flexibility index (Phi) is 11.7. The highest BCUT2D eigenvalue weighted by Crippen LogP contribution is 2.20. The molecule has 0 aliphatic rings. The van der Waals surface area contributed by atoms with Gasteiger partial charge in [0.25, 0.3) is 0 Å². The van der Waals surface area contributed by atoms with E-state index in [-0.39, 0.29) is 24.0 Å². The number of hydrogen-bond donors (Lipinski definition) is 2. The summed E-state index contributed by atoms with van der Waals surface area (Å²) in [6.45, 7) is 5.31. The smallest absolute Gasteiger partial charge is 0.191 e. The fourth-order valence-electron chi connectivity index (χ4n) is 3.36.